The molecule has 0 bridgehead atoms. The first-order chi connectivity index (χ1) is 9.63. The normalized spacial score (nSPS) is 12.5. The molecular weight excluding hydrogens is 252 g/mol. The molecule has 0 atom stereocenters. The Morgan fingerprint density at radius 2 is 1.35 bits per heavy atom. The highest BCUT2D eigenvalue weighted by atomic mass is 16.3. The third-order valence-corrected chi connectivity index (χ3v) is 2.92. The minimum absolute atomic E-state index is 0.127. The lowest BCUT2D eigenvalue weighted by atomic mass is 10.1. The van der Waals surface area contributed by atoms with E-state index in [1.54, 1.807) is 50.4 Å². The Kier molecular flexibility index (Phi) is 4.15. The number of rotatable bonds is 2. The molecule has 4 heteroatoms. The van der Waals surface area contributed by atoms with E-state index in [0.717, 1.165) is 0 Å². The molecule has 2 aromatic carbocycles. The molecular formula is C16H16N2O2. The average Bonchev–Trinajstić information content (AvgIpc) is 2.46. The number of phenolic OH excluding ortho intramolecular Hbond substituents is 2. The lowest BCUT2D eigenvalue weighted by molar-refractivity contribution is 0.474. The monoisotopic (exact) mass is 268 g/mol. The van der Waals surface area contributed by atoms with Gasteiger partial charge in [-0.05, 0) is 31.2 Å². The van der Waals surface area contributed by atoms with Crippen molar-refractivity contribution in [3.63, 3.8) is 0 Å². The number of hydrogen-bond acceptors (Lipinski definition) is 3. The number of aliphatic imine (C=N–C) groups is 2. The van der Waals surface area contributed by atoms with Crippen molar-refractivity contribution in [3.8, 4) is 11.5 Å². The maximum atomic E-state index is 9.85. The first kappa shape index (κ1) is 13.8. The highest BCUT2D eigenvalue weighted by Crippen LogP contribution is 2.20. The number of phenols is 2. The van der Waals surface area contributed by atoms with Gasteiger partial charge < -0.3 is 10.2 Å². The fourth-order valence-electron chi connectivity index (χ4n) is 1.89. The lowest BCUT2D eigenvalue weighted by Gasteiger charge is -2.07. The van der Waals surface area contributed by atoms with Gasteiger partial charge in [0.15, 0.2) is 5.84 Å². The van der Waals surface area contributed by atoms with E-state index in [-0.39, 0.29) is 11.5 Å². The molecule has 0 saturated carbocycles. The second-order valence-electron chi connectivity index (χ2n) is 4.28. The van der Waals surface area contributed by atoms with Crippen LogP contribution in [0.5, 0.6) is 11.5 Å². The molecule has 2 N–H and O–H groups in total. The van der Waals surface area contributed by atoms with Gasteiger partial charge in [0.1, 0.15) is 11.5 Å². The predicted octanol–water partition coefficient (Wildman–Crippen LogP) is 2.98. The van der Waals surface area contributed by atoms with E-state index in [9.17, 15) is 10.2 Å². The average molecular weight is 268 g/mol. The summed E-state index contributed by atoms with van der Waals surface area (Å²) in [6, 6.07) is 13.9. The standard InChI is InChI=1S/C16H16N2O2/c1-11(12-7-3-5-9-14(12)19)18-16(17-2)13-8-4-6-10-15(13)20/h3-10,19-20H,1-2H3. The Morgan fingerprint density at radius 3 is 1.85 bits per heavy atom. The number of nitrogens with zero attached hydrogens (tertiary/aromatic N) is 2. The third-order valence-electron chi connectivity index (χ3n) is 2.92. The van der Waals surface area contributed by atoms with Crippen LogP contribution in [0.1, 0.15) is 18.1 Å². The predicted molar refractivity (Wildman–Crippen MR) is 80.9 cm³/mol. The Morgan fingerprint density at radius 1 is 0.850 bits per heavy atom. The molecule has 0 heterocycles. The summed E-state index contributed by atoms with van der Waals surface area (Å²) in [6.45, 7) is 1.79. The Hall–Kier alpha value is -2.62. The van der Waals surface area contributed by atoms with Crippen molar-refractivity contribution >= 4 is 11.5 Å². The quantitative estimate of drug-likeness (QED) is 0.649. The molecule has 20 heavy (non-hydrogen) atoms. The van der Waals surface area contributed by atoms with Gasteiger partial charge in [-0.25, -0.2) is 4.99 Å². The Balaban J connectivity index is 2.43. The zero-order valence-electron chi connectivity index (χ0n) is 11.4. The zero-order chi connectivity index (χ0) is 14.5. The summed E-state index contributed by atoms with van der Waals surface area (Å²) in [6.07, 6.45) is 0. The van der Waals surface area contributed by atoms with Crippen LogP contribution < -0.4 is 0 Å². The number of aromatic hydroxyl groups is 2. The largest absolute Gasteiger partial charge is 0.507 e. The van der Waals surface area contributed by atoms with Gasteiger partial charge in [-0.2, -0.15) is 0 Å². The van der Waals surface area contributed by atoms with E-state index in [2.05, 4.69) is 9.98 Å². The van der Waals surface area contributed by atoms with Crippen molar-refractivity contribution in [2.24, 2.45) is 9.98 Å². The highest BCUT2D eigenvalue weighted by Gasteiger charge is 2.09. The van der Waals surface area contributed by atoms with Gasteiger partial charge in [-0.15, -0.1) is 0 Å². The van der Waals surface area contributed by atoms with Gasteiger partial charge in [0.2, 0.25) is 0 Å². The molecule has 0 amide bonds. The van der Waals surface area contributed by atoms with E-state index < -0.39 is 0 Å². The number of amidine groups is 1. The van der Waals surface area contributed by atoms with Crippen LogP contribution in [-0.4, -0.2) is 28.8 Å². The summed E-state index contributed by atoms with van der Waals surface area (Å²) in [7, 11) is 1.61. The van der Waals surface area contributed by atoms with Gasteiger partial charge in [0.25, 0.3) is 0 Å². The smallest absolute Gasteiger partial charge is 0.158 e. The highest BCUT2D eigenvalue weighted by molar-refractivity contribution is 6.13. The molecule has 0 saturated heterocycles. The molecule has 2 rings (SSSR count). The van der Waals surface area contributed by atoms with E-state index in [1.165, 1.54) is 0 Å². The second kappa shape index (κ2) is 6.02. The Bertz CT molecular complexity index is 676. The molecule has 0 spiro atoms. The van der Waals surface area contributed by atoms with Crippen molar-refractivity contribution in [2.45, 2.75) is 6.92 Å². The molecule has 0 aromatic heterocycles. The summed E-state index contributed by atoms with van der Waals surface area (Å²) in [4.78, 5) is 8.51. The van der Waals surface area contributed by atoms with E-state index in [4.69, 9.17) is 0 Å². The van der Waals surface area contributed by atoms with Crippen LogP contribution in [0.15, 0.2) is 58.5 Å². The molecule has 0 unspecified atom stereocenters. The molecule has 0 fully saturated rings. The molecule has 102 valence electrons. The first-order valence-corrected chi connectivity index (χ1v) is 6.22. The van der Waals surface area contributed by atoms with Crippen LogP contribution in [-0.2, 0) is 0 Å². The number of benzene rings is 2. The lowest BCUT2D eigenvalue weighted by Crippen LogP contribution is -2.04. The minimum Gasteiger partial charge on any atom is -0.507 e. The summed E-state index contributed by atoms with van der Waals surface area (Å²) in [5, 5.41) is 19.7. The van der Waals surface area contributed by atoms with Gasteiger partial charge in [0.05, 0.1) is 11.3 Å². The van der Waals surface area contributed by atoms with E-state index >= 15 is 0 Å². The molecule has 0 aliphatic carbocycles. The third kappa shape index (κ3) is 2.85. The van der Waals surface area contributed by atoms with E-state index in [0.29, 0.717) is 22.7 Å². The Labute approximate surface area is 117 Å². The van der Waals surface area contributed by atoms with Crippen LogP contribution in [0.2, 0.25) is 0 Å². The van der Waals surface area contributed by atoms with E-state index in [1.807, 2.05) is 12.1 Å². The summed E-state index contributed by atoms with van der Waals surface area (Å²) >= 11 is 0. The van der Waals surface area contributed by atoms with Crippen molar-refractivity contribution in [2.75, 3.05) is 7.05 Å². The molecule has 0 aliphatic rings. The fraction of sp³-hybridized carbons (Fsp3) is 0.125. The van der Waals surface area contributed by atoms with Crippen molar-refractivity contribution in [1.82, 2.24) is 0 Å². The molecule has 0 radical (unpaired) electrons. The van der Waals surface area contributed by atoms with Gasteiger partial charge >= 0.3 is 0 Å². The minimum atomic E-state index is 0.127. The van der Waals surface area contributed by atoms with Crippen LogP contribution in [0.3, 0.4) is 0 Å². The molecule has 0 aliphatic heterocycles. The molecule has 2 aromatic rings. The van der Waals surface area contributed by atoms with Crippen LogP contribution in [0, 0.1) is 0 Å². The first-order valence-electron chi connectivity index (χ1n) is 6.22. The number of para-hydroxylation sites is 2. The fourth-order valence-corrected chi connectivity index (χ4v) is 1.89. The van der Waals surface area contributed by atoms with Crippen molar-refractivity contribution in [3.05, 3.63) is 59.7 Å². The van der Waals surface area contributed by atoms with Crippen molar-refractivity contribution < 1.29 is 10.2 Å². The van der Waals surface area contributed by atoms with Crippen LogP contribution in [0.4, 0.5) is 0 Å². The van der Waals surface area contributed by atoms with Crippen molar-refractivity contribution in [1.29, 1.82) is 0 Å². The second-order valence-corrected chi connectivity index (χ2v) is 4.28. The summed E-state index contributed by atoms with van der Waals surface area (Å²) < 4.78 is 0. The molecule has 4 nitrogen and oxygen atoms in total. The zero-order valence-corrected chi connectivity index (χ0v) is 11.4. The van der Waals surface area contributed by atoms with Gasteiger partial charge in [-0.1, -0.05) is 24.3 Å². The van der Waals surface area contributed by atoms with Crippen LogP contribution >= 0.6 is 0 Å². The summed E-state index contributed by atoms with van der Waals surface area (Å²) in [5.41, 5.74) is 1.83. The maximum Gasteiger partial charge on any atom is 0.158 e. The van der Waals surface area contributed by atoms with Crippen LogP contribution in [0.25, 0.3) is 0 Å². The summed E-state index contributed by atoms with van der Waals surface area (Å²) in [5.74, 6) is 0.715. The number of hydrogen-bond donors (Lipinski definition) is 2. The van der Waals surface area contributed by atoms with Gasteiger partial charge in [-0.3, -0.25) is 4.99 Å². The maximum absolute atomic E-state index is 9.85. The SMILES string of the molecule is CN=C(N=C(C)c1ccccc1O)c1ccccc1O. The topological polar surface area (TPSA) is 65.2 Å². The van der Waals surface area contributed by atoms with Gasteiger partial charge in [0, 0.05) is 12.6 Å².